The highest BCUT2D eigenvalue weighted by Crippen LogP contribution is 2.45. The molecule has 5 rings (SSSR count). The average molecular weight is 522 g/mol. The monoisotopic (exact) mass is 521 g/mol. The Labute approximate surface area is 226 Å². The number of aromatic nitrogens is 1. The van der Waals surface area contributed by atoms with E-state index < -0.39 is 17.1 Å². The first-order chi connectivity index (χ1) is 18.8. The van der Waals surface area contributed by atoms with E-state index in [0.29, 0.717) is 22.0 Å². The molecule has 0 spiro atoms. The number of ether oxygens (including phenoxy) is 1. The van der Waals surface area contributed by atoms with Crippen LogP contribution in [0.4, 0.5) is 4.39 Å². The fourth-order valence-corrected chi connectivity index (χ4v) is 5.43. The van der Waals surface area contributed by atoms with Gasteiger partial charge in [0.25, 0.3) is 0 Å². The smallest absolute Gasteiger partial charge is 0.224 e. The summed E-state index contributed by atoms with van der Waals surface area (Å²) in [4.78, 5) is 32.5. The molecule has 196 valence electrons. The van der Waals surface area contributed by atoms with E-state index in [-0.39, 0.29) is 31.6 Å². The minimum absolute atomic E-state index is 0.0689. The third kappa shape index (κ3) is 4.98. The van der Waals surface area contributed by atoms with Crippen molar-refractivity contribution in [3.63, 3.8) is 0 Å². The van der Waals surface area contributed by atoms with Crippen LogP contribution in [0.2, 0.25) is 0 Å². The number of hydrogen-bond donors (Lipinski definition) is 0. The van der Waals surface area contributed by atoms with Gasteiger partial charge in [-0.05, 0) is 53.9 Å². The molecule has 2 atom stereocenters. The number of methoxy groups -OCH3 is 1. The van der Waals surface area contributed by atoms with Crippen molar-refractivity contribution in [3.8, 4) is 22.9 Å². The van der Waals surface area contributed by atoms with Crippen LogP contribution in [-0.4, -0.2) is 40.9 Å². The molecule has 2 heterocycles. The quantitative estimate of drug-likeness (QED) is 0.268. The number of Topliss-reactive ketones (excluding diaryl/α,β-unsaturated/α-hetero) is 1. The van der Waals surface area contributed by atoms with Gasteiger partial charge in [0.15, 0.2) is 11.3 Å². The van der Waals surface area contributed by atoms with Gasteiger partial charge in [0.05, 0.1) is 25.2 Å². The molecule has 1 aromatic heterocycles. The lowest BCUT2D eigenvalue weighted by Gasteiger charge is -2.32. The van der Waals surface area contributed by atoms with Crippen LogP contribution in [-0.2, 0) is 10.3 Å². The molecule has 0 aliphatic carbocycles. The SMILES string of the molecule is COc1ccc(-c2ccc3nccc(C(=O)CCC(=O)N4CC(C)(F)C[C@]4(C#N)c4ccccc4)c3c2)cc1. The van der Waals surface area contributed by atoms with Crippen LogP contribution in [0.15, 0.2) is 85.1 Å². The molecular formula is C32H28FN3O3. The highest BCUT2D eigenvalue weighted by atomic mass is 19.1. The summed E-state index contributed by atoms with van der Waals surface area (Å²) >= 11 is 0. The van der Waals surface area contributed by atoms with E-state index in [1.54, 1.807) is 43.6 Å². The standard InChI is InChI=1S/C32H28FN3O3/c1-31(33)19-32(20-34,24-6-4-3-5-7-24)36(21-31)30(38)15-14-29(37)26-16-17-35-28-13-10-23(18-27(26)28)22-8-11-25(39-2)12-9-22/h3-13,16-18H,14-15,19,21H2,1-2H3/t31?,32-/m0/s1. The number of hydrogen-bond acceptors (Lipinski definition) is 5. The summed E-state index contributed by atoms with van der Waals surface area (Å²) < 4.78 is 20.5. The van der Waals surface area contributed by atoms with Crippen molar-refractivity contribution in [2.75, 3.05) is 13.7 Å². The molecule has 3 aromatic carbocycles. The highest BCUT2D eigenvalue weighted by molar-refractivity contribution is 6.08. The lowest BCUT2D eigenvalue weighted by atomic mass is 9.85. The second-order valence-corrected chi connectivity index (χ2v) is 10.2. The molecule has 1 amide bonds. The first-order valence-corrected chi connectivity index (χ1v) is 12.8. The average Bonchev–Trinajstić information content (AvgIpc) is 3.27. The number of benzene rings is 3. The third-order valence-corrected chi connectivity index (χ3v) is 7.34. The van der Waals surface area contributed by atoms with E-state index in [4.69, 9.17) is 4.74 Å². The third-order valence-electron chi connectivity index (χ3n) is 7.34. The number of nitriles is 1. The number of ketones is 1. The Morgan fingerprint density at radius 1 is 1.03 bits per heavy atom. The minimum Gasteiger partial charge on any atom is -0.497 e. The van der Waals surface area contributed by atoms with E-state index in [9.17, 15) is 14.9 Å². The molecule has 0 bridgehead atoms. The molecule has 1 unspecified atom stereocenters. The number of amides is 1. The minimum atomic E-state index is -1.72. The van der Waals surface area contributed by atoms with E-state index in [2.05, 4.69) is 11.1 Å². The Balaban J connectivity index is 1.39. The van der Waals surface area contributed by atoms with Gasteiger partial charge < -0.3 is 9.64 Å². The molecule has 7 heteroatoms. The van der Waals surface area contributed by atoms with Gasteiger partial charge in [-0.3, -0.25) is 14.6 Å². The highest BCUT2D eigenvalue weighted by Gasteiger charge is 2.55. The Hall–Kier alpha value is -4.57. The predicted molar refractivity (Wildman–Crippen MR) is 147 cm³/mol. The summed E-state index contributed by atoms with van der Waals surface area (Å²) in [6.07, 6.45) is 1.26. The second-order valence-electron chi connectivity index (χ2n) is 10.2. The van der Waals surface area contributed by atoms with E-state index in [1.165, 1.54) is 11.8 Å². The summed E-state index contributed by atoms with van der Waals surface area (Å²) in [5.41, 5.74) is 0.460. The van der Waals surface area contributed by atoms with Crippen LogP contribution >= 0.6 is 0 Å². The molecule has 0 saturated carbocycles. The topological polar surface area (TPSA) is 83.3 Å². The molecule has 1 saturated heterocycles. The van der Waals surface area contributed by atoms with Crippen molar-refractivity contribution >= 4 is 22.6 Å². The predicted octanol–water partition coefficient (Wildman–Crippen LogP) is 6.25. The normalized spacial score (nSPS) is 20.5. The fourth-order valence-electron chi connectivity index (χ4n) is 5.43. The van der Waals surface area contributed by atoms with Crippen LogP contribution in [0.25, 0.3) is 22.0 Å². The molecular weight excluding hydrogens is 493 g/mol. The van der Waals surface area contributed by atoms with Gasteiger partial charge in [0.2, 0.25) is 5.91 Å². The van der Waals surface area contributed by atoms with E-state index in [1.807, 2.05) is 48.5 Å². The molecule has 0 N–H and O–H groups in total. The number of halogens is 1. The zero-order valence-electron chi connectivity index (χ0n) is 21.9. The maximum absolute atomic E-state index is 15.2. The molecule has 6 nitrogen and oxygen atoms in total. The number of nitrogens with zero attached hydrogens (tertiary/aromatic N) is 3. The first kappa shape index (κ1) is 26.1. The van der Waals surface area contributed by atoms with Crippen LogP contribution in [0, 0.1) is 11.3 Å². The van der Waals surface area contributed by atoms with Crippen LogP contribution < -0.4 is 4.74 Å². The molecule has 1 fully saturated rings. The number of carbonyl (C=O) groups excluding carboxylic acids is 2. The lowest BCUT2D eigenvalue weighted by Crippen LogP contribution is -2.44. The van der Waals surface area contributed by atoms with Gasteiger partial charge in [-0.2, -0.15) is 5.26 Å². The van der Waals surface area contributed by atoms with E-state index in [0.717, 1.165) is 16.9 Å². The van der Waals surface area contributed by atoms with Crippen molar-refractivity contribution in [3.05, 3.63) is 96.2 Å². The van der Waals surface area contributed by atoms with Gasteiger partial charge in [-0.25, -0.2) is 4.39 Å². The van der Waals surface area contributed by atoms with Crippen LogP contribution in [0.3, 0.4) is 0 Å². The molecule has 1 aliphatic rings. The summed E-state index contributed by atoms with van der Waals surface area (Å²) in [7, 11) is 1.61. The Morgan fingerprint density at radius 2 is 1.74 bits per heavy atom. The Kier molecular flexibility index (Phi) is 6.88. The fraction of sp³-hybridized carbons (Fsp3) is 0.250. The molecule has 1 aliphatic heterocycles. The van der Waals surface area contributed by atoms with Gasteiger partial charge in [-0.1, -0.05) is 48.5 Å². The summed E-state index contributed by atoms with van der Waals surface area (Å²) in [6, 6.07) is 26.1. The number of likely N-dealkylation sites (tertiary alicyclic amines) is 1. The zero-order valence-corrected chi connectivity index (χ0v) is 21.9. The van der Waals surface area contributed by atoms with Crippen molar-refractivity contribution in [1.29, 1.82) is 5.26 Å². The second kappa shape index (κ2) is 10.3. The largest absolute Gasteiger partial charge is 0.497 e. The van der Waals surface area contributed by atoms with Gasteiger partial charge in [-0.15, -0.1) is 0 Å². The van der Waals surface area contributed by atoms with Crippen LogP contribution in [0.5, 0.6) is 5.75 Å². The van der Waals surface area contributed by atoms with Crippen molar-refractivity contribution in [2.24, 2.45) is 0 Å². The number of pyridine rings is 1. The maximum atomic E-state index is 15.2. The van der Waals surface area contributed by atoms with Gasteiger partial charge >= 0.3 is 0 Å². The van der Waals surface area contributed by atoms with Crippen molar-refractivity contribution in [1.82, 2.24) is 9.88 Å². The summed E-state index contributed by atoms with van der Waals surface area (Å²) in [5.74, 6) is 0.111. The van der Waals surface area contributed by atoms with Crippen LogP contribution in [0.1, 0.15) is 42.1 Å². The first-order valence-electron chi connectivity index (χ1n) is 12.8. The number of fused-ring (bicyclic) bond motifs is 1. The van der Waals surface area contributed by atoms with Crippen molar-refractivity contribution < 1.29 is 18.7 Å². The maximum Gasteiger partial charge on any atom is 0.224 e. The number of alkyl halides is 1. The Bertz CT molecular complexity index is 1580. The summed E-state index contributed by atoms with van der Waals surface area (Å²) in [6.45, 7) is 1.20. The Morgan fingerprint density at radius 3 is 2.44 bits per heavy atom. The lowest BCUT2D eigenvalue weighted by molar-refractivity contribution is -0.134. The van der Waals surface area contributed by atoms with Gasteiger partial charge in [0, 0.05) is 36.4 Å². The van der Waals surface area contributed by atoms with Crippen molar-refractivity contribution in [2.45, 2.75) is 37.4 Å². The molecule has 4 aromatic rings. The van der Waals surface area contributed by atoms with E-state index >= 15 is 4.39 Å². The summed E-state index contributed by atoms with van der Waals surface area (Å²) in [5, 5.41) is 10.8. The molecule has 0 radical (unpaired) electrons. The number of rotatable bonds is 7. The molecule has 39 heavy (non-hydrogen) atoms. The number of carbonyl (C=O) groups is 2. The zero-order chi connectivity index (χ0) is 27.6. The van der Waals surface area contributed by atoms with Gasteiger partial charge in [0.1, 0.15) is 11.4 Å².